The third-order valence-electron chi connectivity index (χ3n) is 2.33. The second kappa shape index (κ2) is 11.2. The van der Waals surface area contributed by atoms with Crippen molar-refractivity contribution in [2.24, 2.45) is 4.99 Å². The molecule has 0 unspecified atom stereocenters. The molecule has 0 bridgehead atoms. The standard InChI is InChI=1S/C12H22N4O2S2.HI/c1-3-13-12(15-8-9-16-20(2,17)18)14-7-6-11-5-4-10-19-11;/h4-5,10,16H,3,6-9H2,1-2H3,(H2,13,14,15);1H. The van der Waals surface area contributed by atoms with E-state index in [4.69, 9.17) is 0 Å². The van der Waals surface area contributed by atoms with Crippen molar-refractivity contribution in [3.63, 3.8) is 0 Å². The molecule has 0 radical (unpaired) electrons. The number of hydrogen-bond acceptors (Lipinski definition) is 4. The molecule has 0 aliphatic heterocycles. The number of sulfonamides is 1. The molecule has 3 N–H and O–H groups in total. The SMILES string of the molecule is CCNC(=NCCNS(C)(=O)=O)NCCc1cccs1.I. The lowest BCUT2D eigenvalue weighted by Crippen LogP contribution is -2.39. The predicted octanol–water partition coefficient (Wildman–Crippen LogP) is 1.01. The lowest BCUT2D eigenvalue weighted by molar-refractivity contribution is 0.588. The summed E-state index contributed by atoms with van der Waals surface area (Å²) in [5.74, 6) is 0.708. The molecule has 0 atom stereocenters. The number of nitrogens with zero attached hydrogens (tertiary/aromatic N) is 1. The Bertz CT molecular complexity index is 503. The van der Waals surface area contributed by atoms with Crippen molar-refractivity contribution in [2.45, 2.75) is 13.3 Å². The van der Waals surface area contributed by atoms with Crippen molar-refractivity contribution in [3.05, 3.63) is 22.4 Å². The van der Waals surface area contributed by atoms with Crippen molar-refractivity contribution in [1.82, 2.24) is 15.4 Å². The molecule has 21 heavy (non-hydrogen) atoms. The Balaban J connectivity index is 0.00000400. The van der Waals surface area contributed by atoms with E-state index in [0.29, 0.717) is 19.0 Å². The maximum absolute atomic E-state index is 10.9. The van der Waals surface area contributed by atoms with Crippen LogP contribution in [0.2, 0.25) is 0 Å². The van der Waals surface area contributed by atoms with Crippen molar-refractivity contribution >= 4 is 51.3 Å². The fourth-order valence-corrected chi connectivity index (χ4v) is 2.67. The maximum atomic E-state index is 10.9. The molecule has 122 valence electrons. The van der Waals surface area contributed by atoms with Crippen molar-refractivity contribution < 1.29 is 8.42 Å². The lowest BCUT2D eigenvalue weighted by Gasteiger charge is -2.10. The Morgan fingerprint density at radius 2 is 2.10 bits per heavy atom. The second-order valence-electron chi connectivity index (χ2n) is 4.18. The minimum absolute atomic E-state index is 0. The van der Waals surface area contributed by atoms with E-state index in [0.717, 1.165) is 25.8 Å². The summed E-state index contributed by atoms with van der Waals surface area (Å²) in [5, 5.41) is 8.41. The van der Waals surface area contributed by atoms with E-state index < -0.39 is 10.0 Å². The lowest BCUT2D eigenvalue weighted by atomic mass is 10.3. The molecule has 0 aliphatic rings. The minimum atomic E-state index is -3.14. The summed E-state index contributed by atoms with van der Waals surface area (Å²) in [7, 11) is -3.14. The molecule has 1 aromatic rings. The first-order chi connectivity index (χ1) is 9.51. The van der Waals surface area contributed by atoms with Gasteiger partial charge in [0.2, 0.25) is 10.0 Å². The van der Waals surface area contributed by atoms with Gasteiger partial charge in [0.25, 0.3) is 0 Å². The quantitative estimate of drug-likeness (QED) is 0.241. The van der Waals surface area contributed by atoms with Gasteiger partial charge in [-0.15, -0.1) is 35.3 Å². The van der Waals surface area contributed by atoms with Crippen LogP contribution in [0.5, 0.6) is 0 Å². The van der Waals surface area contributed by atoms with Crippen molar-refractivity contribution in [2.75, 3.05) is 32.4 Å². The van der Waals surface area contributed by atoms with Crippen molar-refractivity contribution in [1.29, 1.82) is 0 Å². The molecular weight excluding hydrogens is 423 g/mol. The first-order valence-corrected chi connectivity index (χ1v) is 9.27. The van der Waals surface area contributed by atoms with Gasteiger partial charge in [0.05, 0.1) is 12.8 Å². The zero-order valence-electron chi connectivity index (χ0n) is 12.3. The van der Waals surface area contributed by atoms with Crippen LogP contribution in [0.15, 0.2) is 22.5 Å². The van der Waals surface area contributed by atoms with E-state index in [2.05, 4.69) is 31.8 Å². The maximum Gasteiger partial charge on any atom is 0.208 e. The zero-order chi connectivity index (χ0) is 14.8. The van der Waals surface area contributed by atoms with E-state index in [1.807, 2.05) is 13.0 Å². The molecule has 9 heteroatoms. The molecule has 0 aliphatic carbocycles. The number of halogens is 1. The Hall–Kier alpha value is -0.390. The molecular formula is C12H23IN4O2S2. The number of guanidine groups is 1. The van der Waals surface area contributed by atoms with Gasteiger partial charge in [0, 0.05) is 24.5 Å². The van der Waals surface area contributed by atoms with E-state index in [1.54, 1.807) is 11.3 Å². The number of hydrogen-bond donors (Lipinski definition) is 3. The summed E-state index contributed by atoms with van der Waals surface area (Å²) in [4.78, 5) is 5.63. The Morgan fingerprint density at radius 1 is 1.33 bits per heavy atom. The van der Waals surface area contributed by atoms with Crippen LogP contribution in [-0.2, 0) is 16.4 Å². The molecule has 0 fully saturated rings. The highest BCUT2D eigenvalue weighted by atomic mass is 127. The van der Waals surface area contributed by atoms with Crippen LogP contribution in [0.3, 0.4) is 0 Å². The van der Waals surface area contributed by atoms with Gasteiger partial charge in [-0.2, -0.15) is 0 Å². The molecule has 0 amide bonds. The first-order valence-electron chi connectivity index (χ1n) is 6.50. The molecule has 1 aromatic heterocycles. The number of thiophene rings is 1. The Morgan fingerprint density at radius 3 is 2.67 bits per heavy atom. The summed E-state index contributed by atoms with van der Waals surface area (Å²) in [6, 6.07) is 4.14. The van der Waals surface area contributed by atoms with Gasteiger partial charge in [-0.25, -0.2) is 13.1 Å². The van der Waals surface area contributed by atoms with E-state index in [1.165, 1.54) is 4.88 Å². The smallest absolute Gasteiger partial charge is 0.208 e. The molecule has 1 rings (SSSR count). The summed E-state index contributed by atoms with van der Waals surface area (Å²) < 4.78 is 24.2. The van der Waals surface area contributed by atoms with Crippen LogP contribution in [-0.4, -0.2) is 46.8 Å². The molecule has 0 spiro atoms. The monoisotopic (exact) mass is 446 g/mol. The highest BCUT2D eigenvalue weighted by molar-refractivity contribution is 14.0. The van der Waals surface area contributed by atoms with Crippen LogP contribution in [0.4, 0.5) is 0 Å². The van der Waals surface area contributed by atoms with E-state index >= 15 is 0 Å². The molecule has 1 heterocycles. The molecule has 0 aromatic carbocycles. The number of aliphatic imine (C=N–C) groups is 1. The van der Waals surface area contributed by atoms with Crippen molar-refractivity contribution in [3.8, 4) is 0 Å². The highest BCUT2D eigenvalue weighted by Gasteiger charge is 2.00. The van der Waals surface area contributed by atoms with Gasteiger partial charge < -0.3 is 10.6 Å². The third-order valence-corrected chi connectivity index (χ3v) is 4.00. The summed E-state index contributed by atoms with van der Waals surface area (Å²) >= 11 is 1.74. The predicted molar refractivity (Wildman–Crippen MR) is 100 cm³/mol. The topological polar surface area (TPSA) is 82.6 Å². The zero-order valence-corrected chi connectivity index (χ0v) is 16.2. The van der Waals surface area contributed by atoms with Gasteiger partial charge in [0.15, 0.2) is 5.96 Å². The van der Waals surface area contributed by atoms with Crippen LogP contribution in [0.1, 0.15) is 11.8 Å². The average molecular weight is 446 g/mol. The normalized spacial score (nSPS) is 11.8. The minimum Gasteiger partial charge on any atom is -0.357 e. The van der Waals surface area contributed by atoms with Gasteiger partial charge in [-0.3, -0.25) is 4.99 Å². The Kier molecular flexibility index (Phi) is 11.0. The molecule has 6 nitrogen and oxygen atoms in total. The van der Waals surface area contributed by atoms with Crippen LogP contribution >= 0.6 is 35.3 Å². The largest absolute Gasteiger partial charge is 0.357 e. The van der Waals surface area contributed by atoms with Gasteiger partial charge >= 0.3 is 0 Å². The van der Waals surface area contributed by atoms with Crippen LogP contribution in [0.25, 0.3) is 0 Å². The van der Waals surface area contributed by atoms with Gasteiger partial charge in [0.1, 0.15) is 0 Å². The van der Waals surface area contributed by atoms with Gasteiger partial charge in [-0.05, 0) is 24.8 Å². The number of nitrogens with one attached hydrogen (secondary N) is 3. The van der Waals surface area contributed by atoms with Crippen LogP contribution < -0.4 is 15.4 Å². The van der Waals surface area contributed by atoms with Gasteiger partial charge in [-0.1, -0.05) is 6.07 Å². The van der Waals surface area contributed by atoms with Crippen LogP contribution in [0, 0.1) is 0 Å². The molecule has 0 saturated carbocycles. The summed E-state index contributed by atoms with van der Waals surface area (Å²) in [5.41, 5.74) is 0. The summed E-state index contributed by atoms with van der Waals surface area (Å²) in [6.45, 7) is 4.27. The third kappa shape index (κ3) is 10.9. The highest BCUT2D eigenvalue weighted by Crippen LogP contribution is 2.07. The van der Waals surface area contributed by atoms with E-state index in [9.17, 15) is 8.42 Å². The number of rotatable bonds is 8. The molecule has 0 saturated heterocycles. The summed E-state index contributed by atoms with van der Waals surface area (Å²) in [6.07, 6.45) is 2.09. The van der Waals surface area contributed by atoms with E-state index in [-0.39, 0.29) is 24.0 Å². The fraction of sp³-hybridized carbons (Fsp3) is 0.583. The average Bonchev–Trinajstić information content (AvgIpc) is 2.86. The first kappa shape index (κ1) is 20.6. The second-order valence-corrected chi connectivity index (χ2v) is 7.05. The Labute approximate surface area is 147 Å². The fourth-order valence-electron chi connectivity index (χ4n) is 1.50.